The lowest BCUT2D eigenvalue weighted by Gasteiger charge is -2.45. The van der Waals surface area contributed by atoms with Crippen molar-refractivity contribution in [1.82, 2.24) is 14.3 Å². The van der Waals surface area contributed by atoms with Gasteiger partial charge in [-0.05, 0) is 43.1 Å². The Labute approximate surface area is 205 Å². The van der Waals surface area contributed by atoms with Crippen LogP contribution >= 0.6 is 11.5 Å². The summed E-state index contributed by atoms with van der Waals surface area (Å²) in [6, 6.07) is 10.2. The summed E-state index contributed by atoms with van der Waals surface area (Å²) in [7, 11) is -3.89. The summed E-state index contributed by atoms with van der Waals surface area (Å²) in [6.45, 7) is 0.801. The molecule has 0 unspecified atom stereocenters. The van der Waals surface area contributed by atoms with E-state index in [1.54, 1.807) is 18.2 Å². The van der Waals surface area contributed by atoms with Gasteiger partial charge in [-0.15, -0.1) is 0 Å². The second-order valence-corrected chi connectivity index (χ2v) is 11.1. The van der Waals surface area contributed by atoms with Gasteiger partial charge in [-0.2, -0.15) is 4.37 Å². The second kappa shape index (κ2) is 9.75. The molecule has 2 aromatic carbocycles. The summed E-state index contributed by atoms with van der Waals surface area (Å²) in [5.74, 6) is -0.677. The maximum atomic E-state index is 13.6. The maximum absolute atomic E-state index is 13.6. The first-order valence-electron chi connectivity index (χ1n) is 11.2. The molecule has 0 aliphatic carbocycles. The van der Waals surface area contributed by atoms with Crippen LogP contribution in [0.5, 0.6) is 5.75 Å². The number of hydrogen-bond acceptors (Lipinski definition) is 7. The molecule has 1 aromatic heterocycles. The van der Waals surface area contributed by atoms with Crippen LogP contribution in [0.4, 0.5) is 18.3 Å². The Morgan fingerprint density at radius 1 is 1.11 bits per heavy atom. The molecular weight excluding hydrogens is 501 g/mol. The van der Waals surface area contributed by atoms with Crippen molar-refractivity contribution in [3.05, 3.63) is 65.7 Å². The van der Waals surface area contributed by atoms with Gasteiger partial charge in [-0.1, -0.05) is 18.2 Å². The van der Waals surface area contributed by atoms with Gasteiger partial charge in [0.2, 0.25) is 11.6 Å². The average molecular weight is 525 g/mol. The van der Waals surface area contributed by atoms with Crippen LogP contribution in [-0.2, 0) is 10.0 Å². The van der Waals surface area contributed by atoms with Crippen molar-refractivity contribution in [1.29, 1.82) is 0 Å². The van der Waals surface area contributed by atoms with E-state index in [4.69, 9.17) is 4.74 Å². The first-order valence-corrected chi connectivity index (χ1v) is 13.4. The highest BCUT2D eigenvalue weighted by atomic mass is 32.2. The zero-order valence-corrected chi connectivity index (χ0v) is 20.1. The van der Waals surface area contributed by atoms with E-state index < -0.39 is 22.4 Å². The molecule has 2 aliphatic rings. The predicted octanol–water partition coefficient (Wildman–Crippen LogP) is 5.02. The maximum Gasteiger partial charge on any atom is 0.263 e. The van der Waals surface area contributed by atoms with Crippen LogP contribution in [0.1, 0.15) is 42.5 Å². The van der Waals surface area contributed by atoms with E-state index in [1.807, 2.05) is 0 Å². The number of likely N-dealkylation sites (tertiary alicyclic amines) is 1. The number of ether oxygens (including phenoxy) is 1. The Kier molecular flexibility index (Phi) is 6.69. The number of fused-ring (bicyclic) bond motifs is 1. The van der Waals surface area contributed by atoms with E-state index in [9.17, 15) is 21.6 Å². The molecule has 0 radical (unpaired) electrons. The third kappa shape index (κ3) is 5.00. The highest BCUT2D eigenvalue weighted by Crippen LogP contribution is 2.46. The largest absolute Gasteiger partial charge is 0.493 e. The van der Waals surface area contributed by atoms with E-state index in [2.05, 4.69) is 19.0 Å². The van der Waals surface area contributed by atoms with E-state index in [-0.39, 0.29) is 34.3 Å². The van der Waals surface area contributed by atoms with E-state index >= 15 is 0 Å². The lowest BCUT2D eigenvalue weighted by atomic mass is 9.84. The molecule has 3 aromatic rings. The monoisotopic (exact) mass is 524 g/mol. The Bertz CT molecular complexity index is 1270. The minimum atomic E-state index is -3.89. The normalized spacial score (nSPS) is 23.0. The number of sulfonamides is 1. The van der Waals surface area contributed by atoms with Gasteiger partial charge in [0.1, 0.15) is 17.9 Å². The fourth-order valence-electron chi connectivity index (χ4n) is 4.88. The zero-order chi connectivity index (χ0) is 24.6. The van der Waals surface area contributed by atoms with Crippen LogP contribution in [0.2, 0.25) is 0 Å². The third-order valence-electron chi connectivity index (χ3n) is 6.58. The van der Waals surface area contributed by atoms with Crippen LogP contribution < -0.4 is 9.46 Å². The molecule has 0 saturated carbocycles. The predicted molar refractivity (Wildman–Crippen MR) is 125 cm³/mol. The van der Waals surface area contributed by atoms with Gasteiger partial charge in [-0.25, -0.2) is 26.6 Å². The van der Waals surface area contributed by atoms with Crippen molar-refractivity contribution in [2.24, 2.45) is 5.92 Å². The molecule has 0 amide bonds. The standard InChI is InChI=1S/C23H23F3N4O3S2/c24-16-3-1-14(2-4-16)20-11-15(22(25)26)7-9-30(20)19-8-10-33-21-12-17(5-6-18(19)21)35(31,32)29-23-27-13-28-34-23/h1-6,12-13,15,19-20,22H,7-11H2,(H,27,28,29)/t15-,19+,20+/m1/s1. The number of nitrogens with one attached hydrogen (secondary N) is 1. The zero-order valence-electron chi connectivity index (χ0n) is 18.5. The molecule has 1 saturated heterocycles. The SMILES string of the molecule is O=S(=O)(Nc1ncns1)c1ccc2c(c1)OCC[C@@H]2N1CC[C@@H](C(F)F)C[C@H]1c1ccc(F)cc1. The Hall–Kier alpha value is -2.70. The van der Waals surface area contributed by atoms with Crippen LogP contribution in [0.15, 0.2) is 53.7 Å². The molecule has 5 rings (SSSR count). The molecule has 1 fully saturated rings. The van der Waals surface area contributed by atoms with E-state index in [0.29, 0.717) is 31.7 Å². The fourth-order valence-corrected chi connectivity index (χ4v) is 6.56. The van der Waals surface area contributed by atoms with E-state index in [1.165, 1.54) is 30.6 Å². The first kappa shape index (κ1) is 24.0. The van der Waals surface area contributed by atoms with Crippen LogP contribution in [0, 0.1) is 11.7 Å². The van der Waals surface area contributed by atoms with Crippen molar-refractivity contribution in [2.45, 2.75) is 42.7 Å². The lowest BCUT2D eigenvalue weighted by Crippen LogP contribution is -2.42. The second-order valence-electron chi connectivity index (χ2n) is 8.63. The highest BCUT2D eigenvalue weighted by Gasteiger charge is 2.39. The topological polar surface area (TPSA) is 84.4 Å². The number of nitrogens with zero attached hydrogens (tertiary/aromatic N) is 3. The number of halogens is 3. The number of anilines is 1. The quantitative estimate of drug-likeness (QED) is 0.488. The molecule has 1 N–H and O–H groups in total. The Morgan fingerprint density at radius 2 is 1.91 bits per heavy atom. The van der Waals surface area contributed by atoms with Crippen LogP contribution in [0.3, 0.4) is 0 Å². The Balaban J connectivity index is 1.45. The smallest absolute Gasteiger partial charge is 0.263 e. The number of alkyl halides is 2. The molecular formula is C23H23F3N4O3S2. The van der Waals surface area contributed by atoms with Crippen LogP contribution in [0.25, 0.3) is 0 Å². The molecule has 7 nitrogen and oxygen atoms in total. The fraction of sp³-hybridized carbons (Fsp3) is 0.391. The number of rotatable bonds is 6. The van der Waals surface area contributed by atoms with Crippen LogP contribution in [-0.4, -0.2) is 42.3 Å². The summed E-state index contributed by atoms with van der Waals surface area (Å²) in [6.07, 6.45) is 0.0706. The summed E-state index contributed by atoms with van der Waals surface area (Å²) >= 11 is 0.927. The average Bonchev–Trinajstić information content (AvgIpc) is 3.36. The highest BCUT2D eigenvalue weighted by molar-refractivity contribution is 7.93. The van der Waals surface area contributed by atoms with Crippen molar-refractivity contribution >= 4 is 26.7 Å². The third-order valence-corrected chi connectivity index (χ3v) is 8.63. The van der Waals surface area contributed by atoms with Gasteiger partial charge in [0.05, 0.1) is 11.5 Å². The van der Waals surface area contributed by atoms with Crippen molar-refractivity contribution in [3.8, 4) is 5.75 Å². The molecule has 0 spiro atoms. The van der Waals surface area contributed by atoms with Crippen molar-refractivity contribution in [3.63, 3.8) is 0 Å². The molecule has 3 atom stereocenters. The van der Waals surface area contributed by atoms with Crippen molar-refractivity contribution in [2.75, 3.05) is 17.9 Å². The molecule has 2 aliphatic heterocycles. The van der Waals surface area contributed by atoms with Gasteiger partial charge in [-0.3, -0.25) is 9.62 Å². The minimum absolute atomic E-state index is 0.0265. The molecule has 12 heteroatoms. The molecule has 0 bridgehead atoms. The summed E-state index contributed by atoms with van der Waals surface area (Å²) in [5.41, 5.74) is 1.58. The first-order chi connectivity index (χ1) is 16.8. The number of benzene rings is 2. The molecule has 3 heterocycles. The number of aromatic nitrogens is 2. The van der Waals surface area contributed by atoms with Gasteiger partial charge in [0.25, 0.3) is 10.0 Å². The van der Waals surface area contributed by atoms with Gasteiger partial charge in [0, 0.05) is 47.6 Å². The molecule has 35 heavy (non-hydrogen) atoms. The number of piperidine rings is 1. The van der Waals surface area contributed by atoms with Gasteiger partial charge < -0.3 is 4.74 Å². The summed E-state index contributed by atoms with van der Waals surface area (Å²) in [4.78, 5) is 6.05. The molecule has 186 valence electrons. The summed E-state index contributed by atoms with van der Waals surface area (Å²) in [5, 5.41) is 0.158. The minimum Gasteiger partial charge on any atom is -0.493 e. The lowest BCUT2D eigenvalue weighted by molar-refractivity contribution is -0.0134. The number of hydrogen-bond donors (Lipinski definition) is 1. The summed E-state index contributed by atoms with van der Waals surface area (Å²) < 4.78 is 78.3. The van der Waals surface area contributed by atoms with Gasteiger partial charge >= 0.3 is 0 Å². The Morgan fingerprint density at radius 3 is 2.63 bits per heavy atom. The van der Waals surface area contributed by atoms with Crippen molar-refractivity contribution < 1.29 is 26.3 Å². The van der Waals surface area contributed by atoms with E-state index in [0.717, 1.165) is 22.7 Å². The van der Waals surface area contributed by atoms with Gasteiger partial charge in [0.15, 0.2) is 0 Å².